The lowest BCUT2D eigenvalue weighted by Gasteiger charge is -2.40. The first-order valence-electron chi connectivity index (χ1n) is 5.80. The van der Waals surface area contributed by atoms with E-state index in [1.807, 2.05) is 0 Å². The van der Waals surface area contributed by atoms with Crippen molar-refractivity contribution in [1.29, 1.82) is 0 Å². The number of hydrogen-bond donors (Lipinski definition) is 1. The van der Waals surface area contributed by atoms with E-state index in [0.717, 1.165) is 24.1 Å². The molecule has 1 aromatic carbocycles. The van der Waals surface area contributed by atoms with Crippen LogP contribution in [0.15, 0.2) is 30.3 Å². The lowest BCUT2D eigenvalue weighted by molar-refractivity contribution is -0.958. The summed E-state index contributed by atoms with van der Waals surface area (Å²) in [5, 5.41) is 0. The molecule has 1 atom stereocenters. The summed E-state index contributed by atoms with van der Waals surface area (Å²) < 4.78 is 0.962. The van der Waals surface area contributed by atoms with Crippen LogP contribution in [-0.2, 0) is 6.54 Å². The van der Waals surface area contributed by atoms with E-state index in [0.29, 0.717) is 0 Å². The Morgan fingerprint density at radius 2 is 1.62 bits per heavy atom. The molecule has 0 aliphatic rings. The van der Waals surface area contributed by atoms with Gasteiger partial charge in [0.15, 0.2) is 0 Å². The van der Waals surface area contributed by atoms with Crippen molar-refractivity contribution in [2.45, 2.75) is 33.5 Å². The van der Waals surface area contributed by atoms with E-state index in [4.69, 9.17) is 5.73 Å². The molecule has 3 heteroatoms. The highest BCUT2D eigenvalue weighted by Crippen LogP contribution is 2.16. The number of halogens is 1. The van der Waals surface area contributed by atoms with Crippen molar-refractivity contribution < 1.29 is 16.9 Å². The molecule has 0 aromatic heterocycles. The van der Waals surface area contributed by atoms with Gasteiger partial charge in [-0.15, -0.1) is 0 Å². The van der Waals surface area contributed by atoms with Gasteiger partial charge in [-0.05, 0) is 13.8 Å². The van der Waals surface area contributed by atoms with Crippen molar-refractivity contribution in [3.63, 3.8) is 0 Å². The average molecular weight is 243 g/mol. The molecule has 0 saturated carbocycles. The minimum Gasteiger partial charge on any atom is -1.00 e. The van der Waals surface area contributed by atoms with Crippen LogP contribution in [0.5, 0.6) is 0 Å². The molecule has 0 radical (unpaired) electrons. The Morgan fingerprint density at radius 1 is 1.12 bits per heavy atom. The topological polar surface area (TPSA) is 26.0 Å². The van der Waals surface area contributed by atoms with Crippen molar-refractivity contribution >= 4 is 0 Å². The molecule has 0 heterocycles. The summed E-state index contributed by atoms with van der Waals surface area (Å²) in [5.41, 5.74) is 7.49. The summed E-state index contributed by atoms with van der Waals surface area (Å²) >= 11 is 0. The summed E-state index contributed by atoms with van der Waals surface area (Å²) in [6.07, 6.45) is 0.195. The summed E-state index contributed by atoms with van der Waals surface area (Å²) in [4.78, 5) is 0. The molecule has 0 saturated heterocycles. The van der Waals surface area contributed by atoms with E-state index >= 15 is 0 Å². The molecule has 0 spiro atoms. The van der Waals surface area contributed by atoms with Gasteiger partial charge in [0.25, 0.3) is 0 Å². The molecule has 0 fully saturated rings. The molecule has 1 aromatic rings. The highest BCUT2D eigenvalue weighted by molar-refractivity contribution is 5.13. The van der Waals surface area contributed by atoms with Gasteiger partial charge in [0.05, 0.1) is 13.1 Å². The third-order valence-electron chi connectivity index (χ3n) is 3.46. The minimum atomic E-state index is 0. The van der Waals surface area contributed by atoms with E-state index < -0.39 is 0 Å². The van der Waals surface area contributed by atoms with Crippen LogP contribution in [-0.4, -0.2) is 23.7 Å². The first kappa shape index (κ1) is 15.4. The summed E-state index contributed by atoms with van der Waals surface area (Å²) in [5.74, 6) is 0. The average Bonchev–Trinajstić information content (AvgIpc) is 2.27. The highest BCUT2D eigenvalue weighted by Gasteiger charge is 2.27. The van der Waals surface area contributed by atoms with Crippen molar-refractivity contribution in [2.75, 3.05) is 13.1 Å². The summed E-state index contributed by atoms with van der Waals surface area (Å²) in [6, 6.07) is 10.6. The normalized spacial score (nSPS) is 13.0. The number of nitrogens with two attached hydrogens (primary N) is 1. The lowest BCUT2D eigenvalue weighted by atomic mass is 10.1. The van der Waals surface area contributed by atoms with Gasteiger partial charge in [0.2, 0.25) is 0 Å². The minimum absolute atomic E-state index is 0. The summed E-state index contributed by atoms with van der Waals surface area (Å²) in [6.45, 7) is 9.75. The van der Waals surface area contributed by atoms with Crippen molar-refractivity contribution in [2.24, 2.45) is 5.73 Å². The number of nitrogens with zero attached hydrogens (tertiary/aromatic N) is 1. The van der Waals surface area contributed by atoms with Crippen LogP contribution in [0.1, 0.15) is 26.3 Å². The fraction of sp³-hybridized carbons (Fsp3) is 0.538. The maximum absolute atomic E-state index is 6.11. The van der Waals surface area contributed by atoms with Crippen LogP contribution in [0.4, 0.5) is 0 Å². The van der Waals surface area contributed by atoms with E-state index in [-0.39, 0.29) is 18.6 Å². The molecular formula is C13H23ClN2. The van der Waals surface area contributed by atoms with Crippen LogP contribution in [0.2, 0.25) is 0 Å². The Labute approximate surface area is 105 Å². The van der Waals surface area contributed by atoms with Gasteiger partial charge in [-0.25, -0.2) is 0 Å². The Bertz CT molecular complexity index is 281. The Balaban J connectivity index is 0.00000225. The smallest absolute Gasteiger partial charge is 0.137 e. The quantitative estimate of drug-likeness (QED) is 0.539. The van der Waals surface area contributed by atoms with E-state index in [1.165, 1.54) is 5.56 Å². The van der Waals surface area contributed by atoms with Gasteiger partial charge in [-0.2, -0.15) is 0 Å². The molecule has 2 nitrogen and oxygen atoms in total. The SMILES string of the molecule is CC[N+](CC)(Cc1ccccc1)C(C)N.[Cl-]. The second-order valence-corrected chi connectivity index (χ2v) is 4.24. The molecule has 0 bridgehead atoms. The Hall–Kier alpha value is -0.570. The number of quaternary nitrogens is 1. The van der Waals surface area contributed by atoms with Crippen LogP contribution in [0.25, 0.3) is 0 Å². The van der Waals surface area contributed by atoms with E-state index in [2.05, 4.69) is 51.1 Å². The fourth-order valence-corrected chi connectivity index (χ4v) is 2.11. The molecule has 0 aliphatic heterocycles. The third-order valence-corrected chi connectivity index (χ3v) is 3.46. The van der Waals surface area contributed by atoms with Gasteiger partial charge in [0.1, 0.15) is 12.7 Å². The van der Waals surface area contributed by atoms with Crippen LogP contribution < -0.4 is 18.1 Å². The highest BCUT2D eigenvalue weighted by atomic mass is 35.5. The molecule has 92 valence electrons. The molecule has 1 rings (SSSR count). The van der Waals surface area contributed by atoms with Crippen molar-refractivity contribution in [1.82, 2.24) is 0 Å². The van der Waals surface area contributed by atoms with Crippen LogP contribution >= 0.6 is 0 Å². The molecule has 0 amide bonds. The number of benzene rings is 1. The van der Waals surface area contributed by atoms with Gasteiger partial charge in [-0.3, -0.25) is 5.73 Å². The monoisotopic (exact) mass is 242 g/mol. The second-order valence-electron chi connectivity index (χ2n) is 4.24. The maximum atomic E-state index is 6.11. The molecule has 2 N–H and O–H groups in total. The number of rotatable bonds is 5. The maximum Gasteiger partial charge on any atom is 0.137 e. The zero-order valence-electron chi connectivity index (χ0n) is 10.5. The van der Waals surface area contributed by atoms with Crippen molar-refractivity contribution in [3.05, 3.63) is 35.9 Å². The van der Waals surface area contributed by atoms with E-state index in [9.17, 15) is 0 Å². The zero-order valence-corrected chi connectivity index (χ0v) is 11.2. The van der Waals surface area contributed by atoms with Gasteiger partial charge in [-0.1, -0.05) is 30.3 Å². The second kappa shape index (κ2) is 6.89. The van der Waals surface area contributed by atoms with Crippen LogP contribution in [0.3, 0.4) is 0 Å². The standard InChI is InChI=1S/C13H23N2.ClH/c1-4-15(5-2,12(3)14)11-13-9-7-6-8-10-13;/h6-10,12H,4-5,11,14H2,1-3H3;1H/q+1;/p-1. The predicted octanol–water partition coefficient (Wildman–Crippen LogP) is -0.648. The molecule has 1 unspecified atom stereocenters. The van der Waals surface area contributed by atoms with E-state index in [1.54, 1.807) is 0 Å². The van der Waals surface area contributed by atoms with Crippen molar-refractivity contribution in [3.8, 4) is 0 Å². The van der Waals surface area contributed by atoms with Gasteiger partial charge >= 0.3 is 0 Å². The Morgan fingerprint density at radius 3 is 2.00 bits per heavy atom. The first-order chi connectivity index (χ1) is 7.14. The largest absolute Gasteiger partial charge is 1.00 e. The number of hydrogen-bond acceptors (Lipinski definition) is 1. The lowest BCUT2D eigenvalue weighted by Crippen LogP contribution is -3.00. The fourth-order valence-electron chi connectivity index (χ4n) is 2.11. The molecule has 16 heavy (non-hydrogen) atoms. The first-order valence-corrected chi connectivity index (χ1v) is 5.80. The predicted molar refractivity (Wildman–Crippen MR) is 65.1 cm³/mol. The molecule has 0 aliphatic carbocycles. The summed E-state index contributed by atoms with van der Waals surface area (Å²) in [7, 11) is 0. The van der Waals surface area contributed by atoms with Gasteiger partial charge in [0, 0.05) is 12.5 Å². The zero-order chi connectivity index (χ0) is 11.3. The third kappa shape index (κ3) is 3.48. The van der Waals surface area contributed by atoms with Crippen LogP contribution in [0, 0.1) is 0 Å². The van der Waals surface area contributed by atoms with Gasteiger partial charge < -0.3 is 16.9 Å². The molecular weight excluding hydrogens is 220 g/mol. The Kier molecular flexibility index (Phi) is 6.65.